The Kier molecular flexibility index (Phi) is 6.81. The Balaban J connectivity index is 1.16. The van der Waals surface area contributed by atoms with Gasteiger partial charge in [-0.1, -0.05) is 17.7 Å². The highest BCUT2D eigenvalue weighted by molar-refractivity contribution is 6.30. The monoisotopic (exact) mass is 497 g/mol. The van der Waals surface area contributed by atoms with Crippen molar-refractivity contribution >= 4 is 17.5 Å². The first-order chi connectivity index (χ1) is 16.7. The minimum Gasteiger partial charge on any atom is -0.487 e. The van der Waals surface area contributed by atoms with E-state index in [2.05, 4.69) is 36.8 Å². The molecule has 6 nitrogen and oxygen atoms in total. The number of aromatic nitrogens is 1. The number of carbonyl (C=O) groups excluding carboxylic acids is 1. The van der Waals surface area contributed by atoms with Crippen LogP contribution < -0.4 is 4.74 Å². The Morgan fingerprint density at radius 3 is 2.80 bits per heavy atom. The van der Waals surface area contributed by atoms with Crippen LogP contribution in [-0.4, -0.2) is 59.6 Å². The van der Waals surface area contributed by atoms with E-state index in [9.17, 15) is 4.79 Å². The van der Waals surface area contributed by atoms with E-state index in [4.69, 9.17) is 21.1 Å². The number of rotatable bonds is 5. The van der Waals surface area contributed by atoms with E-state index >= 15 is 0 Å². The molecule has 1 amide bonds. The Bertz CT molecular complexity index is 1050. The van der Waals surface area contributed by atoms with E-state index in [1.54, 1.807) is 6.20 Å². The molecule has 0 unspecified atom stereocenters. The molecular weight excluding hydrogens is 462 g/mol. The maximum absolute atomic E-state index is 12.9. The molecule has 0 radical (unpaired) electrons. The predicted octanol–water partition coefficient (Wildman–Crippen LogP) is 5.11. The number of halogens is 1. The maximum Gasteiger partial charge on any atom is 0.223 e. The number of ether oxygens (including phenoxy) is 2. The number of hydrogen-bond donors (Lipinski definition) is 0. The number of likely N-dealkylation sites (tertiary alicyclic amines) is 1. The second-order valence-corrected chi connectivity index (χ2v) is 11.6. The average Bonchev–Trinajstić information content (AvgIpc) is 2.84. The summed E-state index contributed by atoms with van der Waals surface area (Å²) in [6.45, 7) is 8.22. The van der Waals surface area contributed by atoms with Crippen molar-refractivity contribution in [2.24, 2.45) is 11.3 Å². The van der Waals surface area contributed by atoms with E-state index in [1.807, 2.05) is 35.4 Å². The van der Waals surface area contributed by atoms with Gasteiger partial charge in [-0.15, -0.1) is 0 Å². The molecule has 1 aromatic heterocycles. The number of fused-ring (bicyclic) bond motifs is 3. The van der Waals surface area contributed by atoms with Gasteiger partial charge in [0.05, 0.1) is 12.7 Å². The molecule has 35 heavy (non-hydrogen) atoms. The van der Waals surface area contributed by atoms with Crippen molar-refractivity contribution in [2.45, 2.75) is 57.8 Å². The van der Waals surface area contributed by atoms with Gasteiger partial charge in [0, 0.05) is 61.5 Å². The second-order valence-electron chi connectivity index (χ2n) is 11.2. The lowest BCUT2D eigenvalue weighted by molar-refractivity contribution is -0.176. The van der Waals surface area contributed by atoms with E-state index in [-0.39, 0.29) is 28.9 Å². The number of nitrogens with zero attached hydrogens (tertiary/aromatic N) is 3. The lowest BCUT2D eigenvalue weighted by Gasteiger charge is -2.54. The van der Waals surface area contributed by atoms with Crippen molar-refractivity contribution in [1.82, 2.24) is 14.8 Å². The van der Waals surface area contributed by atoms with Crippen LogP contribution in [0.25, 0.3) is 0 Å². The SMILES string of the molecule is CN(CCC(=O)N1CCC2(CC1)CO[C@@H]1c3cc(Cl)ccc3OC(C)(C)[C@H]1C2)Cc1cccnc1. The fourth-order valence-corrected chi connectivity index (χ4v) is 6.21. The first-order valence-corrected chi connectivity index (χ1v) is 13.1. The molecule has 2 saturated heterocycles. The van der Waals surface area contributed by atoms with Gasteiger partial charge in [0.25, 0.3) is 0 Å². The van der Waals surface area contributed by atoms with Crippen LogP contribution >= 0.6 is 11.6 Å². The highest BCUT2D eigenvalue weighted by atomic mass is 35.5. The molecule has 3 aliphatic rings. The average molecular weight is 498 g/mol. The largest absolute Gasteiger partial charge is 0.487 e. The first kappa shape index (κ1) is 24.5. The molecule has 2 fully saturated rings. The van der Waals surface area contributed by atoms with Crippen molar-refractivity contribution in [3.8, 4) is 5.75 Å². The Hall–Kier alpha value is -2.15. The standard InChI is InChI=1S/C28H36ClN3O3/c1-27(2)23-16-28(19-34-26(23)22-15-21(29)6-7-24(22)35-27)9-13-32(14-10-28)25(33)8-12-31(3)18-20-5-4-11-30-17-20/h4-7,11,15,17,23,26H,8-10,12-14,16,18-19H2,1-3H3/t23-,26+/m0/s1. The molecule has 5 rings (SSSR count). The zero-order chi connectivity index (χ0) is 24.6. The summed E-state index contributed by atoms with van der Waals surface area (Å²) in [4.78, 5) is 21.4. The van der Waals surface area contributed by atoms with E-state index in [0.29, 0.717) is 11.4 Å². The Morgan fingerprint density at radius 2 is 2.06 bits per heavy atom. The van der Waals surface area contributed by atoms with Crippen LogP contribution in [0, 0.1) is 11.3 Å². The summed E-state index contributed by atoms with van der Waals surface area (Å²) in [5.41, 5.74) is 2.02. The van der Waals surface area contributed by atoms with Gasteiger partial charge in [0.1, 0.15) is 11.4 Å². The van der Waals surface area contributed by atoms with Gasteiger partial charge in [-0.05, 0) is 75.4 Å². The van der Waals surface area contributed by atoms with Gasteiger partial charge in [0.15, 0.2) is 0 Å². The molecule has 1 spiro atoms. The fraction of sp³-hybridized carbons (Fsp3) is 0.571. The first-order valence-electron chi connectivity index (χ1n) is 12.7. The van der Waals surface area contributed by atoms with Crippen molar-refractivity contribution in [3.63, 3.8) is 0 Å². The predicted molar refractivity (Wildman–Crippen MR) is 136 cm³/mol. The van der Waals surface area contributed by atoms with E-state index in [0.717, 1.165) is 68.9 Å². The summed E-state index contributed by atoms with van der Waals surface area (Å²) < 4.78 is 13.0. The van der Waals surface area contributed by atoms with Crippen LogP contribution in [0.5, 0.6) is 5.75 Å². The molecule has 2 atom stereocenters. The molecule has 2 aromatic rings. The summed E-state index contributed by atoms with van der Waals surface area (Å²) in [6.07, 6.45) is 7.22. The number of amides is 1. The third-order valence-corrected chi connectivity index (χ3v) is 8.43. The zero-order valence-electron chi connectivity index (χ0n) is 21.0. The highest BCUT2D eigenvalue weighted by Crippen LogP contribution is 2.55. The molecular formula is C28H36ClN3O3. The topological polar surface area (TPSA) is 54.9 Å². The molecule has 7 heteroatoms. The van der Waals surface area contributed by atoms with Gasteiger partial charge in [-0.25, -0.2) is 0 Å². The normalized spacial score (nSPS) is 24.5. The molecule has 0 aliphatic carbocycles. The molecule has 1 aromatic carbocycles. The van der Waals surface area contributed by atoms with Crippen LogP contribution in [0.1, 0.15) is 56.8 Å². The second kappa shape index (κ2) is 9.72. The number of pyridine rings is 1. The summed E-state index contributed by atoms with van der Waals surface area (Å²) in [5.74, 6) is 1.38. The Labute approximate surface area is 213 Å². The molecule has 188 valence electrons. The quantitative estimate of drug-likeness (QED) is 0.574. The van der Waals surface area contributed by atoms with Crippen LogP contribution in [0.4, 0.5) is 0 Å². The number of hydrogen-bond acceptors (Lipinski definition) is 5. The molecule has 3 aliphatic heterocycles. The highest BCUT2D eigenvalue weighted by Gasteiger charge is 2.52. The maximum atomic E-state index is 12.9. The molecule has 0 saturated carbocycles. The van der Waals surface area contributed by atoms with Gasteiger partial charge in [0.2, 0.25) is 5.91 Å². The number of benzene rings is 1. The van der Waals surface area contributed by atoms with Crippen LogP contribution in [-0.2, 0) is 16.1 Å². The van der Waals surface area contributed by atoms with E-state index in [1.165, 1.54) is 0 Å². The van der Waals surface area contributed by atoms with Gasteiger partial charge in [-0.2, -0.15) is 0 Å². The van der Waals surface area contributed by atoms with Crippen molar-refractivity contribution in [1.29, 1.82) is 0 Å². The van der Waals surface area contributed by atoms with Crippen molar-refractivity contribution in [3.05, 3.63) is 58.9 Å². The zero-order valence-corrected chi connectivity index (χ0v) is 21.8. The lowest BCUT2D eigenvalue weighted by atomic mass is 9.64. The van der Waals surface area contributed by atoms with Crippen LogP contribution in [0.2, 0.25) is 5.02 Å². The third kappa shape index (κ3) is 5.20. The van der Waals surface area contributed by atoms with Crippen LogP contribution in [0.15, 0.2) is 42.7 Å². The summed E-state index contributed by atoms with van der Waals surface area (Å²) >= 11 is 6.30. The fourth-order valence-electron chi connectivity index (χ4n) is 6.03. The smallest absolute Gasteiger partial charge is 0.223 e. The third-order valence-electron chi connectivity index (χ3n) is 8.19. The molecule has 0 bridgehead atoms. The Morgan fingerprint density at radius 1 is 1.26 bits per heavy atom. The van der Waals surface area contributed by atoms with Gasteiger partial charge in [-0.3, -0.25) is 9.78 Å². The molecule has 4 heterocycles. The molecule has 0 N–H and O–H groups in total. The number of piperidine rings is 1. The van der Waals surface area contributed by atoms with Gasteiger partial charge < -0.3 is 19.3 Å². The number of carbonyl (C=O) groups is 1. The summed E-state index contributed by atoms with van der Waals surface area (Å²) in [6, 6.07) is 9.85. The lowest BCUT2D eigenvalue weighted by Crippen LogP contribution is -2.54. The van der Waals surface area contributed by atoms with Crippen LogP contribution in [0.3, 0.4) is 0 Å². The minimum atomic E-state index is -0.315. The van der Waals surface area contributed by atoms with Gasteiger partial charge >= 0.3 is 0 Å². The van der Waals surface area contributed by atoms with E-state index < -0.39 is 0 Å². The van der Waals surface area contributed by atoms with Crippen molar-refractivity contribution < 1.29 is 14.3 Å². The minimum absolute atomic E-state index is 0.00749. The van der Waals surface area contributed by atoms with Crippen molar-refractivity contribution in [2.75, 3.05) is 33.3 Å². The summed E-state index contributed by atoms with van der Waals surface area (Å²) in [5, 5.41) is 0.715. The summed E-state index contributed by atoms with van der Waals surface area (Å²) in [7, 11) is 2.06.